The number of rotatable bonds is 5. The Balaban J connectivity index is 2.15. The maximum absolute atomic E-state index is 11.0. The lowest BCUT2D eigenvalue weighted by molar-refractivity contribution is 0.413. The minimum Gasteiger partial charge on any atom is -0.507 e. The van der Waals surface area contributed by atoms with Crippen molar-refractivity contribution in [3.05, 3.63) is 84.9 Å². The number of ether oxygens (including phenoxy) is 2. The molecule has 0 fully saturated rings. The second kappa shape index (κ2) is 8.21. The molecule has 0 spiro atoms. The lowest BCUT2D eigenvalue weighted by atomic mass is 9.87. The Morgan fingerprint density at radius 2 is 0.833 bits per heavy atom. The molecule has 0 aliphatic heterocycles. The lowest BCUT2D eigenvalue weighted by Gasteiger charge is -2.21. The van der Waals surface area contributed by atoms with Crippen molar-refractivity contribution in [3.8, 4) is 56.4 Å². The molecule has 0 bridgehead atoms. The Kier molecular flexibility index (Phi) is 5.31. The third-order valence-electron chi connectivity index (χ3n) is 5.10. The van der Waals surface area contributed by atoms with Crippen molar-refractivity contribution in [1.82, 2.24) is 0 Å². The molecule has 4 rings (SSSR count). The molecule has 30 heavy (non-hydrogen) atoms. The highest BCUT2D eigenvalue weighted by Crippen LogP contribution is 2.52. The summed E-state index contributed by atoms with van der Waals surface area (Å²) in [6.45, 7) is 0. The van der Waals surface area contributed by atoms with Crippen LogP contribution in [0.4, 0.5) is 0 Å². The van der Waals surface area contributed by atoms with Crippen molar-refractivity contribution < 1.29 is 19.7 Å². The number of benzene rings is 4. The molecule has 0 heterocycles. The van der Waals surface area contributed by atoms with E-state index in [9.17, 15) is 10.2 Å². The molecule has 150 valence electrons. The Bertz CT molecular complexity index is 1070. The van der Waals surface area contributed by atoms with Crippen LogP contribution in [0.2, 0.25) is 0 Å². The summed E-state index contributed by atoms with van der Waals surface area (Å²) in [5.74, 6) is 1.26. The van der Waals surface area contributed by atoms with E-state index in [1.165, 1.54) is 0 Å². The first-order chi connectivity index (χ1) is 14.7. The minimum atomic E-state index is 0.0374. The van der Waals surface area contributed by atoms with Crippen LogP contribution in [0.1, 0.15) is 0 Å². The van der Waals surface area contributed by atoms with Gasteiger partial charge >= 0.3 is 0 Å². The molecule has 4 aromatic carbocycles. The Morgan fingerprint density at radius 1 is 0.467 bits per heavy atom. The van der Waals surface area contributed by atoms with Gasteiger partial charge in [-0.1, -0.05) is 60.7 Å². The van der Waals surface area contributed by atoms with Crippen molar-refractivity contribution in [2.24, 2.45) is 0 Å². The average molecular weight is 398 g/mol. The Morgan fingerprint density at radius 3 is 1.17 bits per heavy atom. The molecule has 0 atom stereocenters. The summed E-state index contributed by atoms with van der Waals surface area (Å²) in [7, 11) is 3.18. The number of aromatic hydroxyl groups is 2. The van der Waals surface area contributed by atoms with Crippen molar-refractivity contribution >= 4 is 0 Å². The first-order valence-electron chi connectivity index (χ1n) is 9.56. The molecule has 4 heteroatoms. The van der Waals surface area contributed by atoms with Crippen LogP contribution < -0.4 is 9.47 Å². The molecular weight excluding hydrogens is 376 g/mol. The summed E-state index contributed by atoms with van der Waals surface area (Å²) < 4.78 is 11.3. The predicted octanol–water partition coefficient (Wildman–Crippen LogP) is 6.12. The minimum absolute atomic E-state index is 0.0374. The Labute approximate surface area is 175 Å². The SMILES string of the molecule is COc1ccc(O)c(-c2c(O)ccc(OC)c2-c2ccccc2)c1-c1ccccc1. The molecule has 0 saturated carbocycles. The molecule has 0 amide bonds. The second-order valence-corrected chi connectivity index (χ2v) is 6.81. The summed E-state index contributed by atoms with van der Waals surface area (Å²) in [5, 5.41) is 22.0. The highest BCUT2D eigenvalue weighted by atomic mass is 16.5. The molecule has 0 aromatic heterocycles. The maximum Gasteiger partial charge on any atom is 0.127 e. The third-order valence-corrected chi connectivity index (χ3v) is 5.10. The second-order valence-electron chi connectivity index (χ2n) is 6.81. The summed E-state index contributed by atoms with van der Waals surface area (Å²) >= 11 is 0. The van der Waals surface area contributed by atoms with Crippen LogP contribution in [0.15, 0.2) is 84.9 Å². The Hall–Kier alpha value is -3.92. The smallest absolute Gasteiger partial charge is 0.127 e. The van der Waals surface area contributed by atoms with Gasteiger partial charge < -0.3 is 19.7 Å². The van der Waals surface area contributed by atoms with Gasteiger partial charge in [-0.15, -0.1) is 0 Å². The van der Waals surface area contributed by atoms with Crippen LogP contribution in [0.25, 0.3) is 33.4 Å². The van der Waals surface area contributed by atoms with Crippen LogP contribution >= 0.6 is 0 Å². The maximum atomic E-state index is 11.0. The highest BCUT2D eigenvalue weighted by Gasteiger charge is 2.25. The normalized spacial score (nSPS) is 10.6. The lowest BCUT2D eigenvalue weighted by Crippen LogP contribution is -1.97. The van der Waals surface area contributed by atoms with Crippen molar-refractivity contribution in [3.63, 3.8) is 0 Å². The number of hydrogen-bond donors (Lipinski definition) is 2. The van der Waals surface area contributed by atoms with Gasteiger partial charge in [0, 0.05) is 22.3 Å². The van der Waals surface area contributed by atoms with Crippen molar-refractivity contribution in [2.75, 3.05) is 14.2 Å². The van der Waals surface area contributed by atoms with Gasteiger partial charge in [0.15, 0.2) is 0 Å². The summed E-state index contributed by atoms with van der Waals surface area (Å²) in [5.41, 5.74) is 4.08. The molecule has 0 aliphatic rings. The summed E-state index contributed by atoms with van der Waals surface area (Å²) in [4.78, 5) is 0. The fourth-order valence-corrected chi connectivity index (χ4v) is 3.77. The average Bonchev–Trinajstić information content (AvgIpc) is 2.80. The van der Waals surface area contributed by atoms with Crippen LogP contribution in [-0.2, 0) is 0 Å². The van der Waals surface area contributed by atoms with E-state index in [-0.39, 0.29) is 11.5 Å². The standard InChI is InChI=1S/C26H22O4/c1-29-21-15-13-19(27)25(23(21)17-9-5-3-6-10-17)26-20(28)14-16-22(30-2)24(26)18-11-7-4-8-12-18/h3-16,27-28H,1-2H3. The third kappa shape index (κ3) is 3.33. The fourth-order valence-electron chi connectivity index (χ4n) is 3.77. The molecule has 0 unspecified atom stereocenters. The largest absolute Gasteiger partial charge is 0.507 e. The number of phenols is 2. The van der Waals surface area contributed by atoms with Gasteiger partial charge in [0.2, 0.25) is 0 Å². The van der Waals surface area contributed by atoms with Gasteiger partial charge in [0.1, 0.15) is 23.0 Å². The quantitative estimate of drug-likeness (QED) is 0.425. The number of methoxy groups -OCH3 is 2. The van der Waals surface area contributed by atoms with Gasteiger partial charge in [-0.2, -0.15) is 0 Å². The van der Waals surface area contributed by atoms with Crippen LogP contribution in [-0.4, -0.2) is 24.4 Å². The number of phenolic OH excluding ortho intramolecular Hbond substituents is 2. The highest BCUT2D eigenvalue weighted by molar-refractivity contribution is 6.00. The van der Waals surface area contributed by atoms with Gasteiger partial charge in [0.25, 0.3) is 0 Å². The van der Waals surface area contributed by atoms with E-state index < -0.39 is 0 Å². The molecule has 4 aromatic rings. The molecular formula is C26H22O4. The zero-order valence-electron chi connectivity index (χ0n) is 16.8. The summed E-state index contributed by atoms with van der Waals surface area (Å²) in [6.07, 6.45) is 0. The van der Waals surface area contributed by atoms with Gasteiger partial charge in [-0.05, 0) is 35.4 Å². The molecule has 0 saturated heterocycles. The zero-order chi connectivity index (χ0) is 21.1. The zero-order valence-corrected chi connectivity index (χ0v) is 16.8. The fraction of sp³-hybridized carbons (Fsp3) is 0.0769. The van der Waals surface area contributed by atoms with Crippen LogP contribution in [0.5, 0.6) is 23.0 Å². The van der Waals surface area contributed by atoms with E-state index in [4.69, 9.17) is 9.47 Å². The molecule has 0 radical (unpaired) electrons. The van der Waals surface area contributed by atoms with E-state index in [1.54, 1.807) is 38.5 Å². The monoisotopic (exact) mass is 398 g/mol. The molecule has 4 nitrogen and oxygen atoms in total. The van der Waals surface area contributed by atoms with E-state index >= 15 is 0 Å². The van der Waals surface area contributed by atoms with E-state index in [0.29, 0.717) is 33.8 Å². The first kappa shape index (κ1) is 19.4. The first-order valence-corrected chi connectivity index (χ1v) is 9.56. The molecule has 0 aliphatic carbocycles. The van der Waals surface area contributed by atoms with Crippen molar-refractivity contribution in [1.29, 1.82) is 0 Å². The van der Waals surface area contributed by atoms with E-state index in [2.05, 4.69) is 0 Å². The van der Waals surface area contributed by atoms with Gasteiger partial charge in [-0.25, -0.2) is 0 Å². The number of hydrogen-bond acceptors (Lipinski definition) is 4. The molecule has 2 N–H and O–H groups in total. The topological polar surface area (TPSA) is 58.9 Å². The van der Waals surface area contributed by atoms with Gasteiger partial charge in [-0.3, -0.25) is 0 Å². The van der Waals surface area contributed by atoms with Gasteiger partial charge in [0.05, 0.1) is 14.2 Å². The predicted molar refractivity (Wildman–Crippen MR) is 119 cm³/mol. The summed E-state index contributed by atoms with van der Waals surface area (Å²) in [6, 6.07) is 25.9. The van der Waals surface area contributed by atoms with E-state index in [0.717, 1.165) is 11.1 Å². The van der Waals surface area contributed by atoms with Crippen molar-refractivity contribution in [2.45, 2.75) is 0 Å². The van der Waals surface area contributed by atoms with E-state index in [1.807, 2.05) is 60.7 Å². The van der Waals surface area contributed by atoms with Crippen LogP contribution in [0, 0.1) is 0 Å². The van der Waals surface area contributed by atoms with Crippen LogP contribution in [0.3, 0.4) is 0 Å².